The van der Waals surface area contributed by atoms with Crippen LogP contribution in [-0.4, -0.2) is 29.6 Å². The van der Waals surface area contributed by atoms with Crippen molar-refractivity contribution in [3.8, 4) is 0 Å². The number of alkyl halides is 3. The zero-order chi connectivity index (χ0) is 19.2. The first kappa shape index (κ1) is 19.5. The van der Waals surface area contributed by atoms with Crippen LogP contribution >= 0.6 is 0 Å². The van der Waals surface area contributed by atoms with Crippen LogP contribution in [0.25, 0.3) is 0 Å². The maximum Gasteiger partial charge on any atom is 0.416 e. The van der Waals surface area contributed by atoms with E-state index in [9.17, 15) is 27.9 Å². The third-order valence-electron chi connectivity index (χ3n) is 3.59. The number of amides is 2. The number of hydrogen-bond acceptors (Lipinski definition) is 3. The molecule has 0 aliphatic carbocycles. The van der Waals surface area contributed by atoms with Gasteiger partial charge >= 0.3 is 6.18 Å². The van der Waals surface area contributed by atoms with Crippen LogP contribution in [0.5, 0.6) is 0 Å². The Morgan fingerprint density at radius 2 is 1.62 bits per heavy atom. The molecule has 1 atom stereocenters. The summed E-state index contributed by atoms with van der Waals surface area (Å²) in [6.45, 7) is -0.647. The number of halogens is 3. The third kappa shape index (κ3) is 5.32. The van der Waals surface area contributed by atoms with Gasteiger partial charge in [-0.2, -0.15) is 13.2 Å². The highest BCUT2D eigenvalue weighted by atomic mass is 19.4. The molecule has 3 N–H and O–H groups in total. The lowest BCUT2D eigenvalue weighted by molar-refractivity contribution is -0.137. The van der Waals surface area contributed by atoms with Crippen molar-refractivity contribution in [3.63, 3.8) is 0 Å². The summed E-state index contributed by atoms with van der Waals surface area (Å²) in [6, 6.07) is 11.3. The van der Waals surface area contributed by atoms with Gasteiger partial charge in [-0.15, -0.1) is 0 Å². The fraction of sp³-hybridized carbons (Fsp3) is 0.222. The van der Waals surface area contributed by atoms with Crippen LogP contribution in [0.2, 0.25) is 0 Å². The van der Waals surface area contributed by atoms with Gasteiger partial charge in [-0.05, 0) is 29.8 Å². The fourth-order valence-corrected chi connectivity index (χ4v) is 2.15. The maximum atomic E-state index is 12.5. The Labute approximate surface area is 147 Å². The summed E-state index contributed by atoms with van der Waals surface area (Å²) in [5.74, 6) is -1.16. The van der Waals surface area contributed by atoms with Gasteiger partial charge in [0.25, 0.3) is 5.91 Å². The van der Waals surface area contributed by atoms with Crippen molar-refractivity contribution in [2.45, 2.75) is 18.8 Å². The Morgan fingerprint density at radius 1 is 1.00 bits per heavy atom. The number of carbonyl (C=O) groups excluding carboxylic acids is 2. The molecule has 2 aromatic rings. The third-order valence-corrected chi connectivity index (χ3v) is 3.59. The van der Waals surface area contributed by atoms with Crippen molar-refractivity contribution >= 4 is 11.8 Å². The molecule has 0 radical (unpaired) electrons. The van der Waals surface area contributed by atoms with Gasteiger partial charge in [-0.3, -0.25) is 9.59 Å². The van der Waals surface area contributed by atoms with Gasteiger partial charge in [-0.25, -0.2) is 0 Å². The molecule has 0 fully saturated rings. The number of hydrogen-bond donors (Lipinski definition) is 3. The smallest absolute Gasteiger partial charge is 0.394 e. The number of aliphatic hydroxyl groups excluding tert-OH is 1. The molecule has 0 aliphatic heterocycles. The molecule has 2 amide bonds. The summed E-state index contributed by atoms with van der Waals surface area (Å²) in [5.41, 5.74) is 0.00912. The summed E-state index contributed by atoms with van der Waals surface area (Å²) in [4.78, 5) is 24.1. The molecule has 2 rings (SSSR count). The predicted molar refractivity (Wildman–Crippen MR) is 88.1 cm³/mol. The lowest BCUT2D eigenvalue weighted by Gasteiger charge is -2.16. The summed E-state index contributed by atoms with van der Waals surface area (Å²) >= 11 is 0. The van der Waals surface area contributed by atoms with Crippen molar-refractivity contribution in [2.75, 3.05) is 6.61 Å². The average Bonchev–Trinajstić information content (AvgIpc) is 2.64. The van der Waals surface area contributed by atoms with Gasteiger partial charge < -0.3 is 15.7 Å². The van der Waals surface area contributed by atoms with E-state index in [2.05, 4.69) is 10.6 Å². The SMILES string of the molecule is O=C(N[C@@H](CO)C(=O)NCc1ccc(C(F)(F)F)cc1)c1ccccc1. The van der Waals surface area contributed by atoms with E-state index >= 15 is 0 Å². The molecule has 0 bridgehead atoms. The molecule has 26 heavy (non-hydrogen) atoms. The van der Waals surface area contributed by atoms with Crippen molar-refractivity contribution in [1.82, 2.24) is 10.6 Å². The van der Waals surface area contributed by atoms with E-state index in [4.69, 9.17) is 0 Å². The van der Waals surface area contributed by atoms with E-state index in [0.29, 0.717) is 11.1 Å². The number of aliphatic hydroxyl groups is 1. The molecule has 0 spiro atoms. The van der Waals surface area contributed by atoms with E-state index in [-0.39, 0.29) is 6.54 Å². The molecule has 0 aliphatic rings. The van der Waals surface area contributed by atoms with Crippen LogP contribution in [0.1, 0.15) is 21.5 Å². The summed E-state index contributed by atoms with van der Waals surface area (Å²) in [5, 5.41) is 14.2. The zero-order valence-corrected chi connectivity index (χ0v) is 13.6. The Hall–Kier alpha value is -2.87. The molecule has 0 heterocycles. The molecule has 2 aromatic carbocycles. The van der Waals surface area contributed by atoms with Gasteiger partial charge in [0.2, 0.25) is 5.91 Å². The molecule has 0 saturated heterocycles. The minimum Gasteiger partial charge on any atom is -0.394 e. The molecular formula is C18H17F3N2O3. The van der Waals surface area contributed by atoms with Crippen LogP contribution in [-0.2, 0) is 17.5 Å². The highest BCUT2D eigenvalue weighted by molar-refractivity contribution is 5.97. The van der Waals surface area contributed by atoms with Crippen molar-refractivity contribution < 1.29 is 27.9 Å². The molecule has 0 saturated carbocycles. The van der Waals surface area contributed by atoms with Crippen molar-refractivity contribution in [3.05, 3.63) is 71.3 Å². The van der Waals surface area contributed by atoms with E-state index in [0.717, 1.165) is 12.1 Å². The van der Waals surface area contributed by atoms with E-state index in [1.165, 1.54) is 12.1 Å². The zero-order valence-electron chi connectivity index (χ0n) is 13.6. The first-order valence-corrected chi connectivity index (χ1v) is 7.72. The standard InChI is InChI=1S/C18H17F3N2O3/c19-18(20,21)14-8-6-12(7-9-14)10-22-17(26)15(11-24)23-16(25)13-4-2-1-3-5-13/h1-9,15,24H,10-11H2,(H,22,26)(H,23,25)/t15-/m0/s1. The average molecular weight is 366 g/mol. The normalized spacial score (nSPS) is 12.3. The maximum absolute atomic E-state index is 12.5. The number of benzene rings is 2. The van der Waals surface area contributed by atoms with E-state index in [1.807, 2.05) is 0 Å². The van der Waals surface area contributed by atoms with Gasteiger partial charge in [0, 0.05) is 12.1 Å². The van der Waals surface area contributed by atoms with Gasteiger partial charge in [-0.1, -0.05) is 30.3 Å². The van der Waals surface area contributed by atoms with Gasteiger partial charge in [0.15, 0.2) is 0 Å². The van der Waals surface area contributed by atoms with Crippen LogP contribution in [0.3, 0.4) is 0 Å². The highest BCUT2D eigenvalue weighted by Gasteiger charge is 2.30. The number of nitrogens with one attached hydrogen (secondary N) is 2. The molecule has 0 aromatic heterocycles. The second-order valence-corrected chi connectivity index (χ2v) is 5.49. The summed E-state index contributed by atoms with van der Waals surface area (Å²) in [7, 11) is 0. The topological polar surface area (TPSA) is 78.4 Å². The lowest BCUT2D eigenvalue weighted by atomic mass is 10.1. The quantitative estimate of drug-likeness (QED) is 0.733. The second-order valence-electron chi connectivity index (χ2n) is 5.49. The number of carbonyl (C=O) groups is 2. The first-order valence-electron chi connectivity index (χ1n) is 7.72. The Kier molecular flexibility index (Phi) is 6.35. The van der Waals surface area contributed by atoms with Crippen LogP contribution in [0.4, 0.5) is 13.2 Å². The minimum atomic E-state index is -4.43. The van der Waals surface area contributed by atoms with Gasteiger partial charge in [0.05, 0.1) is 12.2 Å². The Bertz CT molecular complexity index is 747. The molecule has 138 valence electrons. The summed E-state index contributed by atoms with van der Waals surface area (Å²) < 4.78 is 37.5. The monoisotopic (exact) mass is 366 g/mol. The first-order chi connectivity index (χ1) is 12.3. The fourth-order valence-electron chi connectivity index (χ4n) is 2.15. The lowest BCUT2D eigenvalue weighted by Crippen LogP contribution is -2.48. The van der Waals surface area contributed by atoms with Crippen molar-refractivity contribution in [2.24, 2.45) is 0 Å². The molecular weight excluding hydrogens is 349 g/mol. The predicted octanol–water partition coefficient (Wildman–Crippen LogP) is 2.11. The second kappa shape index (κ2) is 8.48. The largest absolute Gasteiger partial charge is 0.416 e. The van der Waals surface area contributed by atoms with E-state index < -0.39 is 36.2 Å². The molecule has 8 heteroatoms. The van der Waals surface area contributed by atoms with Crippen LogP contribution < -0.4 is 10.6 Å². The number of rotatable bonds is 6. The Morgan fingerprint density at radius 3 is 2.15 bits per heavy atom. The summed E-state index contributed by atoms with van der Waals surface area (Å²) in [6.07, 6.45) is -4.43. The minimum absolute atomic E-state index is 0.0331. The van der Waals surface area contributed by atoms with E-state index in [1.54, 1.807) is 30.3 Å². The van der Waals surface area contributed by atoms with Gasteiger partial charge in [0.1, 0.15) is 6.04 Å². The molecule has 5 nitrogen and oxygen atoms in total. The van der Waals surface area contributed by atoms with Crippen LogP contribution in [0.15, 0.2) is 54.6 Å². The van der Waals surface area contributed by atoms with Crippen molar-refractivity contribution in [1.29, 1.82) is 0 Å². The van der Waals surface area contributed by atoms with Crippen LogP contribution in [0, 0.1) is 0 Å². The Balaban J connectivity index is 1.92. The molecule has 0 unspecified atom stereocenters. The highest BCUT2D eigenvalue weighted by Crippen LogP contribution is 2.29.